The minimum Gasteiger partial charge on any atom is -0.361 e. The maximum atomic E-state index is 16.7. The summed E-state index contributed by atoms with van der Waals surface area (Å²) >= 11 is 0. The second-order valence-electron chi connectivity index (χ2n) is 22.7. The highest BCUT2D eigenvalue weighted by molar-refractivity contribution is 5.95. The monoisotopic (exact) mass is 1070 g/mol. The minimum absolute atomic E-state index is 0.251. The van der Waals surface area contributed by atoms with E-state index in [0.29, 0.717) is 5.56 Å². The topological polar surface area (TPSA) is 55.4 Å². The van der Waals surface area contributed by atoms with Crippen LogP contribution in [0.3, 0.4) is 0 Å². The summed E-state index contributed by atoms with van der Waals surface area (Å²) < 4.78 is 16.7. The number of benzene rings is 7. The number of H-pyrrole nitrogens is 2. The molecule has 82 heavy (non-hydrogen) atoms. The number of aromatic amines is 2. The first kappa shape index (κ1) is 54.8. The van der Waals surface area contributed by atoms with Gasteiger partial charge in [0.15, 0.2) is 0 Å². The van der Waals surface area contributed by atoms with Gasteiger partial charge < -0.3 is 15.4 Å². The van der Waals surface area contributed by atoms with Crippen LogP contribution < -0.4 is 0 Å². The summed E-state index contributed by atoms with van der Waals surface area (Å²) in [6.45, 7) is 19.8. The number of hydrogen-bond acceptors (Lipinski definition) is 1. The van der Waals surface area contributed by atoms with Gasteiger partial charge in [0.25, 0.3) is 0 Å². The molecule has 0 fully saturated rings. The average molecular weight is 1070 g/mol. The molecule has 3 N–H and O–H groups in total. The predicted molar refractivity (Wildman–Crippen MR) is 351 cm³/mol. The average Bonchev–Trinajstić information content (AvgIpc) is 2.72. The first-order valence-electron chi connectivity index (χ1n) is 29.0. The van der Waals surface area contributed by atoms with E-state index in [0.717, 1.165) is 69.1 Å². The summed E-state index contributed by atoms with van der Waals surface area (Å²) in [4.78, 5) is 6.75. The standard InChI is InChI=1S/C76H66FN3.C2H6/c1-7-14-49-17-10-22-56(42-49)52(8-2)43-57(27-26-53-19-11-20-54-36-39-79-73(53)54)58-28-32-63-64-33-29-59(45-69(64)75(3,4)68(63)44-58)60-30-34-65-66-35-31-61(47-71(66)76(5,6)70(65)46-60)62(25-24-51-16-9-15-50(41-51)18-13-38-78)48-72(77)67-23-12-21-55-37-40-80-74(55)67;1-2/h7-15,17-23,25,27-48,51,78-80H,2,16,24,26H2,1,3-6H3;1-2H3/b14-7-,18-13-,52-43+,57-27+,62-25+,72-48-,78-38?;. The van der Waals surface area contributed by atoms with Crippen LogP contribution in [0.15, 0.2) is 237 Å². The molecule has 0 amide bonds. The third-order valence-corrected chi connectivity index (χ3v) is 17.0. The summed E-state index contributed by atoms with van der Waals surface area (Å²) in [6, 6.07) is 53.0. The Bertz CT molecular complexity index is 4220. The van der Waals surface area contributed by atoms with Gasteiger partial charge in [0.2, 0.25) is 0 Å². The van der Waals surface area contributed by atoms with Crippen LogP contribution in [0.1, 0.15) is 117 Å². The van der Waals surface area contributed by atoms with E-state index >= 15 is 4.39 Å². The first-order valence-corrected chi connectivity index (χ1v) is 29.0. The fraction of sp³-hybridized carbons (Fsp3) is 0.167. The van der Waals surface area contributed by atoms with Gasteiger partial charge in [0.05, 0.1) is 5.52 Å². The minimum atomic E-state index is -0.315. The van der Waals surface area contributed by atoms with E-state index in [4.69, 9.17) is 5.41 Å². The van der Waals surface area contributed by atoms with Crippen LogP contribution in [0.5, 0.6) is 0 Å². The van der Waals surface area contributed by atoms with E-state index in [1.165, 1.54) is 83.9 Å². The molecule has 0 saturated carbocycles. The maximum Gasteiger partial charge on any atom is 0.133 e. The lowest BCUT2D eigenvalue weighted by Crippen LogP contribution is -2.16. The molecule has 12 rings (SSSR count). The lowest BCUT2D eigenvalue weighted by atomic mass is 9.79. The Hall–Kier alpha value is -9.12. The molecule has 1 unspecified atom stereocenters. The van der Waals surface area contributed by atoms with Gasteiger partial charge in [0, 0.05) is 45.9 Å². The molecule has 7 aromatic carbocycles. The van der Waals surface area contributed by atoms with Gasteiger partial charge in [-0.1, -0.05) is 200 Å². The highest BCUT2D eigenvalue weighted by Gasteiger charge is 2.38. The van der Waals surface area contributed by atoms with E-state index in [2.05, 4.69) is 221 Å². The van der Waals surface area contributed by atoms with Crippen LogP contribution in [0, 0.1) is 11.3 Å². The van der Waals surface area contributed by atoms with Crippen LogP contribution in [-0.2, 0) is 17.3 Å². The Kier molecular flexibility index (Phi) is 15.5. The number of allylic oxidation sites excluding steroid dienone is 15. The van der Waals surface area contributed by atoms with Gasteiger partial charge in [0.1, 0.15) is 5.83 Å². The van der Waals surface area contributed by atoms with Crippen LogP contribution in [0.4, 0.5) is 4.39 Å². The number of rotatable bonds is 15. The SMILES string of the molecule is C=C/C(=C\C(=C/Cc1cccc2cc[nH]c12)c1ccc2c(c1)C(C)(C)c1cc(-c3ccc4c(c3)C(C)(C)c3cc(C(/C=C(\F)c5cccc6cc[nH]c56)=C/CC5C=C(/C=C\C=N)C=CC5)ccc3-4)ccc1-2)c1cccc(/C=C\C)c1.CC. The first-order chi connectivity index (χ1) is 39.9. The number of hydrogen-bond donors (Lipinski definition) is 3. The van der Waals surface area contributed by atoms with E-state index in [1.807, 2.05) is 62.7 Å². The van der Waals surface area contributed by atoms with Crippen molar-refractivity contribution in [3.63, 3.8) is 0 Å². The predicted octanol–water partition coefficient (Wildman–Crippen LogP) is 21.4. The Labute approximate surface area is 484 Å². The summed E-state index contributed by atoms with van der Waals surface area (Å²) in [5.41, 5.74) is 24.4. The Morgan fingerprint density at radius 3 is 1.83 bits per heavy atom. The Morgan fingerprint density at radius 2 is 1.20 bits per heavy atom. The Morgan fingerprint density at radius 1 is 0.622 bits per heavy atom. The fourth-order valence-electron chi connectivity index (χ4n) is 12.7. The molecule has 0 radical (unpaired) electrons. The number of aromatic nitrogens is 2. The van der Waals surface area contributed by atoms with Gasteiger partial charge in [-0.15, -0.1) is 0 Å². The molecular formula is C78H72FN3. The van der Waals surface area contributed by atoms with Gasteiger partial charge in [-0.05, 0) is 210 Å². The summed E-state index contributed by atoms with van der Waals surface area (Å²) in [7, 11) is 0. The van der Waals surface area contributed by atoms with E-state index in [9.17, 15) is 0 Å². The van der Waals surface area contributed by atoms with Gasteiger partial charge in [-0.2, -0.15) is 0 Å². The molecule has 0 spiro atoms. The van der Waals surface area contributed by atoms with Crippen molar-refractivity contribution < 1.29 is 4.39 Å². The highest BCUT2D eigenvalue weighted by atomic mass is 19.1. The zero-order valence-corrected chi connectivity index (χ0v) is 48.3. The smallest absolute Gasteiger partial charge is 0.133 e. The van der Waals surface area contributed by atoms with E-state index in [-0.39, 0.29) is 22.6 Å². The molecule has 2 heterocycles. The second-order valence-corrected chi connectivity index (χ2v) is 22.7. The zero-order valence-electron chi connectivity index (χ0n) is 48.3. The van der Waals surface area contributed by atoms with Crippen LogP contribution in [0.2, 0.25) is 0 Å². The quantitative estimate of drug-likeness (QED) is 0.0677. The molecule has 406 valence electrons. The zero-order chi connectivity index (χ0) is 57.1. The molecule has 3 nitrogen and oxygen atoms in total. The van der Waals surface area contributed by atoms with Gasteiger partial charge >= 0.3 is 0 Å². The summed E-state index contributed by atoms with van der Waals surface area (Å²) in [5.74, 6) is -0.0238. The van der Waals surface area contributed by atoms with Crippen molar-refractivity contribution in [1.29, 1.82) is 5.41 Å². The van der Waals surface area contributed by atoms with E-state index in [1.54, 1.807) is 12.2 Å². The summed E-state index contributed by atoms with van der Waals surface area (Å²) in [6.07, 6.45) is 32.7. The van der Waals surface area contributed by atoms with E-state index < -0.39 is 0 Å². The number of fused-ring (bicyclic) bond motifs is 8. The molecule has 4 heteroatoms. The maximum absolute atomic E-state index is 16.7. The second kappa shape index (κ2) is 23.2. The van der Waals surface area contributed by atoms with Crippen LogP contribution >= 0.6 is 0 Å². The largest absolute Gasteiger partial charge is 0.361 e. The summed E-state index contributed by atoms with van der Waals surface area (Å²) in [5, 5.41) is 9.68. The molecule has 3 aliphatic rings. The normalized spacial score (nSPS) is 16.2. The van der Waals surface area contributed by atoms with Crippen LogP contribution in [-0.4, -0.2) is 16.2 Å². The number of nitrogens with one attached hydrogen (secondary N) is 3. The molecule has 0 aliphatic heterocycles. The van der Waals surface area contributed by atoms with Gasteiger partial charge in [-0.25, -0.2) is 4.39 Å². The lowest BCUT2D eigenvalue weighted by Gasteiger charge is -2.24. The van der Waals surface area contributed by atoms with Crippen molar-refractivity contribution in [3.05, 3.63) is 293 Å². The van der Waals surface area contributed by atoms with Crippen molar-refractivity contribution in [2.75, 3.05) is 0 Å². The van der Waals surface area contributed by atoms with Crippen LogP contribution in [0.25, 0.3) is 83.8 Å². The third-order valence-electron chi connectivity index (χ3n) is 17.0. The highest BCUT2D eigenvalue weighted by Crippen LogP contribution is 2.53. The lowest BCUT2D eigenvalue weighted by molar-refractivity contribution is 0.659. The molecule has 0 bridgehead atoms. The van der Waals surface area contributed by atoms with Crippen molar-refractivity contribution in [3.8, 4) is 33.4 Å². The van der Waals surface area contributed by atoms with Crippen molar-refractivity contribution in [2.45, 2.75) is 78.6 Å². The molecule has 1 atom stereocenters. The molecule has 2 aromatic heterocycles. The number of para-hydroxylation sites is 2. The Balaban J connectivity index is 0.00000349. The molecule has 0 saturated heterocycles. The number of halogens is 1. The fourth-order valence-corrected chi connectivity index (χ4v) is 12.7. The van der Waals surface area contributed by atoms with Crippen molar-refractivity contribution in [2.24, 2.45) is 5.92 Å². The van der Waals surface area contributed by atoms with Crippen molar-refractivity contribution in [1.82, 2.24) is 9.97 Å². The molecule has 9 aromatic rings. The molecule has 3 aliphatic carbocycles. The van der Waals surface area contributed by atoms with Crippen molar-refractivity contribution >= 4 is 56.6 Å². The molecular weight excluding hydrogens is 998 g/mol. The van der Waals surface area contributed by atoms with Gasteiger partial charge in [-0.3, -0.25) is 0 Å². The third kappa shape index (κ3) is 10.5.